The van der Waals surface area contributed by atoms with Gasteiger partial charge in [-0.2, -0.15) is 0 Å². The van der Waals surface area contributed by atoms with Gasteiger partial charge in [0.25, 0.3) is 5.56 Å². The smallest absolute Gasteiger partial charge is 0.261 e. The first kappa shape index (κ1) is 22.7. The number of methoxy groups -OCH3 is 2. The van der Waals surface area contributed by atoms with Crippen molar-refractivity contribution < 1.29 is 19.1 Å². The third-order valence-corrected chi connectivity index (χ3v) is 4.75. The topological polar surface area (TPSA) is 124 Å². The first-order valence-electron chi connectivity index (χ1n) is 10.1. The quantitative estimate of drug-likeness (QED) is 0.493. The number of carbonyl (C=O) groups is 2. The molecule has 0 spiro atoms. The molecule has 10 heteroatoms. The number of pyridine rings is 1. The first-order chi connectivity index (χ1) is 15.5. The van der Waals surface area contributed by atoms with Gasteiger partial charge in [-0.3, -0.25) is 23.9 Å². The summed E-state index contributed by atoms with van der Waals surface area (Å²) in [5, 5.41) is 5.82. The highest BCUT2D eigenvalue weighted by Crippen LogP contribution is 2.29. The summed E-state index contributed by atoms with van der Waals surface area (Å²) in [6.45, 7) is 0.565. The van der Waals surface area contributed by atoms with Gasteiger partial charge in [0, 0.05) is 38.2 Å². The van der Waals surface area contributed by atoms with E-state index in [2.05, 4.69) is 20.6 Å². The number of nitrogens with one attached hydrogen (secondary N) is 2. The van der Waals surface area contributed by atoms with E-state index in [-0.39, 0.29) is 36.8 Å². The molecule has 10 nitrogen and oxygen atoms in total. The van der Waals surface area contributed by atoms with Crippen molar-refractivity contribution in [3.8, 4) is 11.5 Å². The number of ether oxygens (including phenoxy) is 2. The number of rotatable bonds is 10. The molecule has 2 aromatic heterocycles. The molecular formula is C22H25N5O5. The summed E-state index contributed by atoms with van der Waals surface area (Å²) >= 11 is 0. The number of hydrogen-bond donors (Lipinski definition) is 2. The van der Waals surface area contributed by atoms with Gasteiger partial charge in [-0.15, -0.1) is 0 Å². The third-order valence-electron chi connectivity index (χ3n) is 4.75. The number of amides is 2. The minimum Gasteiger partial charge on any atom is -0.493 e. The third kappa shape index (κ3) is 5.81. The number of nitrogens with zero attached hydrogens (tertiary/aromatic N) is 3. The molecule has 2 heterocycles. The second-order valence-electron chi connectivity index (χ2n) is 6.96. The lowest BCUT2D eigenvalue weighted by atomic mass is 10.2. The van der Waals surface area contributed by atoms with E-state index < -0.39 is 0 Å². The van der Waals surface area contributed by atoms with Gasteiger partial charge in [0.15, 0.2) is 11.5 Å². The van der Waals surface area contributed by atoms with Crippen molar-refractivity contribution >= 4 is 28.4 Å². The second kappa shape index (κ2) is 10.9. The summed E-state index contributed by atoms with van der Waals surface area (Å²) in [5.41, 5.74) is 0.893. The van der Waals surface area contributed by atoms with E-state index in [4.69, 9.17) is 9.47 Å². The lowest BCUT2D eigenvalue weighted by Gasteiger charge is -2.10. The minimum atomic E-state index is -0.219. The molecule has 0 saturated heterocycles. The van der Waals surface area contributed by atoms with Gasteiger partial charge >= 0.3 is 0 Å². The van der Waals surface area contributed by atoms with Gasteiger partial charge in [0.2, 0.25) is 11.8 Å². The summed E-state index contributed by atoms with van der Waals surface area (Å²) in [4.78, 5) is 44.9. The van der Waals surface area contributed by atoms with Gasteiger partial charge in [-0.1, -0.05) is 0 Å². The van der Waals surface area contributed by atoms with Gasteiger partial charge in [-0.25, -0.2) is 4.98 Å². The van der Waals surface area contributed by atoms with Crippen molar-refractivity contribution in [3.05, 3.63) is 53.3 Å². The van der Waals surface area contributed by atoms with E-state index in [1.54, 1.807) is 36.7 Å². The number of anilines is 1. The number of carbonyl (C=O) groups excluding carboxylic acids is 2. The zero-order chi connectivity index (χ0) is 22.9. The van der Waals surface area contributed by atoms with Crippen LogP contribution >= 0.6 is 0 Å². The molecule has 0 fully saturated rings. The Morgan fingerprint density at radius 3 is 2.59 bits per heavy atom. The van der Waals surface area contributed by atoms with E-state index >= 15 is 0 Å². The molecule has 0 saturated carbocycles. The van der Waals surface area contributed by atoms with Crippen molar-refractivity contribution in [1.29, 1.82) is 0 Å². The van der Waals surface area contributed by atoms with Crippen molar-refractivity contribution in [2.45, 2.75) is 25.8 Å². The fraction of sp³-hybridized carbons (Fsp3) is 0.318. The monoisotopic (exact) mass is 439 g/mol. The molecule has 0 aliphatic rings. The van der Waals surface area contributed by atoms with E-state index in [1.807, 2.05) is 0 Å². The minimum absolute atomic E-state index is 0.153. The number of fused-ring (bicyclic) bond motifs is 1. The van der Waals surface area contributed by atoms with Crippen LogP contribution < -0.4 is 25.7 Å². The van der Waals surface area contributed by atoms with E-state index in [1.165, 1.54) is 25.1 Å². The predicted molar refractivity (Wildman–Crippen MR) is 119 cm³/mol. The highest BCUT2D eigenvalue weighted by atomic mass is 16.5. The molecule has 0 unspecified atom stereocenters. The van der Waals surface area contributed by atoms with Gasteiger partial charge in [-0.05, 0) is 24.6 Å². The van der Waals surface area contributed by atoms with Crippen molar-refractivity contribution in [1.82, 2.24) is 19.9 Å². The molecule has 168 valence electrons. The Morgan fingerprint density at radius 2 is 1.88 bits per heavy atom. The number of benzene rings is 1. The van der Waals surface area contributed by atoms with E-state index in [0.29, 0.717) is 41.1 Å². The first-order valence-corrected chi connectivity index (χ1v) is 10.1. The van der Waals surface area contributed by atoms with Crippen LogP contribution in [0.1, 0.15) is 19.3 Å². The van der Waals surface area contributed by atoms with Crippen LogP contribution in [0.4, 0.5) is 5.69 Å². The molecular weight excluding hydrogens is 414 g/mol. The molecule has 2 N–H and O–H groups in total. The normalized spacial score (nSPS) is 10.6. The molecule has 3 aromatic rings. The standard InChI is InChI=1S/C22H25N5O5/c1-31-18-11-16-17(12-19(18)32-2)25-14-27(22(16)30)10-4-6-20(28)24-9-7-21(29)26-15-5-3-8-23-13-15/h3,5,8,11-14H,4,6-7,9-10H2,1-2H3,(H,24,28)(H,26,29). The van der Waals surface area contributed by atoms with Crippen LogP contribution in [0.3, 0.4) is 0 Å². The zero-order valence-corrected chi connectivity index (χ0v) is 18.0. The van der Waals surface area contributed by atoms with Crippen molar-refractivity contribution in [3.63, 3.8) is 0 Å². The molecule has 0 atom stereocenters. The SMILES string of the molecule is COc1cc2ncn(CCCC(=O)NCCC(=O)Nc3cccnc3)c(=O)c2cc1OC. The van der Waals surface area contributed by atoms with Crippen LogP contribution in [0.2, 0.25) is 0 Å². The lowest BCUT2D eigenvalue weighted by molar-refractivity contribution is -0.121. The van der Waals surface area contributed by atoms with Crippen LogP contribution in [-0.4, -0.2) is 47.1 Å². The number of hydrogen-bond acceptors (Lipinski definition) is 7. The summed E-state index contributed by atoms with van der Waals surface area (Å²) in [6.07, 6.45) is 5.45. The predicted octanol–water partition coefficient (Wildman–Crippen LogP) is 1.73. The number of aryl methyl sites for hydroxylation is 1. The largest absolute Gasteiger partial charge is 0.493 e. The summed E-state index contributed by atoms with van der Waals surface area (Å²) in [7, 11) is 3.02. The lowest BCUT2D eigenvalue weighted by Crippen LogP contribution is -2.28. The van der Waals surface area contributed by atoms with Crippen molar-refractivity contribution in [2.75, 3.05) is 26.1 Å². The fourth-order valence-electron chi connectivity index (χ4n) is 3.12. The second-order valence-corrected chi connectivity index (χ2v) is 6.96. The van der Waals surface area contributed by atoms with Crippen LogP contribution in [0.25, 0.3) is 10.9 Å². The Balaban J connectivity index is 1.47. The Labute approximate surface area is 184 Å². The molecule has 0 aliphatic heterocycles. The summed E-state index contributed by atoms with van der Waals surface area (Å²) in [6, 6.07) is 6.71. The molecule has 3 rings (SSSR count). The Hall–Kier alpha value is -3.95. The Morgan fingerprint density at radius 1 is 1.09 bits per heavy atom. The Kier molecular flexibility index (Phi) is 7.74. The van der Waals surface area contributed by atoms with E-state index in [0.717, 1.165) is 0 Å². The molecule has 32 heavy (non-hydrogen) atoms. The molecule has 0 bridgehead atoms. The highest BCUT2D eigenvalue weighted by Gasteiger charge is 2.11. The van der Waals surface area contributed by atoms with Gasteiger partial charge in [0.1, 0.15) is 0 Å². The molecule has 1 aromatic carbocycles. The maximum atomic E-state index is 12.7. The van der Waals surface area contributed by atoms with Gasteiger partial charge < -0.3 is 20.1 Å². The van der Waals surface area contributed by atoms with Crippen LogP contribution in [-0.2, 0) is 16.1 Å². The van der Waals surface area contributed by atoms with Gasteiger partial charge in [0.05, 0.1) is 43.3 Å². The maximum Gasteiger partial charge on any atom is 0.261 e. The average Bonchev–Trinajstić information content (AvgIpc) is 2.80. The maximum absolute atomic E-state index is 12.7. The van der Waals surface area contributed by atoms with E-state index in [9.17, 15) is 14.4 Å². The fourth-order valence-corrected chi connectivity index (χ4v) is 3.12. The average molecular weight is 439 g/mol. The molecule has 0 radical (unpaired) electrons. The van der Waals surface area contributed by atoms with Crippen LogP contribution in [0, 0.1) is 0 Å². The highest BCUT2D eigenvalue weighted by molar-refractivity contribution is 5.91. The van der Waals surface area contributed by atoms with Crippen LogP contribution in [0.5, 0.6) is 11.5 Å². The zero-order valence-electron chi connectivity index (χ0n) is 18.0. The molecule has 2 amide bonds. The summed E-state index contributed by atoms with van der Waals surface area (Å²) in [5.74, 6) is 0.547. The summed E-state index contributed by atoms with van der Waals surface area (Å²) < 4.78 is 12.0. The molecule has 0 aliphatic carbocycles. The van der Waals surface area contributed by atoms with Crippen LogP contribution in [0.15, 0.2) is 47.8 Å². The number of aromatic nitrogens is 3. The Bertz CT molecular complexity index is 1150. The van der Waals surface area contributed by atoms with Crippen molar-refractivity contribution in [2.24, 2.45) is 0 Å².